The zero-order valence-corrected chi connectivity index (χ0v) is 11.2. The Kier molecular flexibility index (Phi) is 4.02. The fraction of sp³-hybridized carbons (Fsp3) is 0.533. The van der Waals surface area contributed by atoms with Gasteiger partial charge >= 0.3 is 0 Å². The second-order valence-electron chi connectivity index (χ2n) is 5.36. The van der Waals surface area contributed by atoms with Crippen LogP contribution < -0.4 is 10.6 Å². The number of nitrogens with two attached hydrogens (primary N) is 1. The fourth-order valence-electron chi connectivity index (χ4n) is 2.69. The van der Waals surface area contributed by atoms with E-state index in [0.29, 0.717) is 0 Å². The van der Waals surface area contributed by atoms with Crippen molar-refractivity contribution >= 4 is 11.6 Å². The van der Waals surface area contributed by atoms with E-state index < -0.39 is 0 Å². The van der Waals surface area contributed by atoms with Crippen LogP contribution in [0.25, 0.3) is 0 Å². The first-order valence-electron chi connectivity index (χ1n) is 6.67. The number of carbonyl (C=O) groups is 1. The lowest BCUT2D eigenvalue weighted by Gasteiger charge is -2.29. The number of hydrogen-bond acceptors (Lipinski definition) is 2. The van der Waals surface area contributed by atoms with Crippen LogP contribution in [0.1, 0.15) is 31.2 Å². The van der Waals surface area contributed by atoms with Gasteiger partial charge in [-0.05, 0) is 43.9 Å². The van der Waals surface area contributed by atoms with Crippen LogP contribution in [0.3, 0.4) is 0 Å². The predicted octanol–water partition coefficient (Wildman–Crippen LogP) is 2.48. The summed E-state index contributed by atoms with van der Waals surface area (Å²) in [6, 6.07) is 8.24. The molecule has 0 bridgehead atoms. The van der Waals surface area contributed by atoms with Crippen LogP contribution in [-0.4, -0.2) is 19.0 Å². The Morgan fingerprint density at radius 2 is 2.17 bits per heavy atom. The van der Waals surface area contributed by atoms with Crippen molar-refractivity contribution < 1.29 is 4.79 Å². The Morgan fingerprint density at radius 3 is 2.83 bits per heavy atom. The van der Waals surface area contributed by atoms with E-state index in [1.165, 1.54) is 5.56 Å². The first kappa shape index (κ1) is 13.1. The number of amides is 1. The Bertz CT molecular complexity index is 430. The molecular formula is C15H22N2O. The third kappa shape index (κ3) is 2.91. The molecule has 1 saturated carbocycles. The van der Waals surface area contributed by atoms with Crippen LogP contribution in [0, 0.1) is 12.8 Å². The average molecular weight is 246 g/mol. The maximum Gasteiger partial charge on any atom is 0.229 e. The number of rotatable bonds is 2. The molecule has 1 aliphatic rings. The minimum atomic E-state index is 0.0965. The van der Waals surface area contributed by atoms with Crippen molar-refractivity contribution in [3.63, 3.8) is 0 Å². The third-order valence-electron chi connectivity index (χ3n) is 3.78. The lowest BCUT2D eigenvalue weighted by molar-refractivity contribution is -0.123. The Morgan fingerprint density at radius 1 is 1.39 bits per heavy atom. The molecule has 0 radical (unpaired) electrons. The second-order valence-corrected chi connectivity index (χ2v) is 5.36. The van der Waals surface area contributed by atoms with Crippen molar-refractivity contribution in [2.75, 3.05) is 11.9 Å². The molecule has 1 fully saturated rings. The Labute approximate surface area is 109 Å². The molecule has 1 aliphatic carbocycles. The minimum absolute atomic E-state index is 0.0965. The molecule has 18 heavy (non-hydrogen) atoms. The molecule has 0 spiro atoms. The molecule has 2 atom stereocenters. The molecule has 98 valence electrons. The van der Waals surface area contributed by atoms with Gasteiger partial charge in [-0.1, -0.05) is 18.6 Å². The summed E-state index contributed by atoms with van der Waals surface area (Å²) in [5, 5.41) is 0. The summed E-state index contributed by atoms with van der Waals surface area (Å²) < 4.78 is 0. The topological polar surface area (TPSA) is 46.3 Å². The van der Waals surface area contributed by atoms with Crippen molar-refractivity contribution in [2.45, 2.75) is 38.6 Å². The number of hydrogen-bond donors (Lipinski definition) is 1. The van der Waals surface area contributed by atoms with Crippen LogP contribution in [-0.2, 0) is 4.79 Å². The van der Waals surface area contributed by atoms with Crippen LogP contribution in [0.2, 0.25) is 0 Å². The van der Waals surface area contributed by atoms with Crippen molar-refractivity contribution in [1.82, 2.24) is 0 Å². The first-order chi connectivity index (χ1) is 8.58. The van der Waals surface area contributed by atoms with Gasteiger partial charge in [0.1, 0.15) is 0 Å². The summed E-state index contributed by atoms with van der Waals surface area (Å²) in [7, 11) is 1.86. The van der Waals surface area contributed by atoms with Crippen molar-refractivity contribution in [1.29, 1.82) is 0 Å². The van der Waals surface area contributed by atoms with Crippen molar-refractivity contribution in [3.8, 4) is 0 Å². The van der Waals surface area contributed by atoms with Gasteiger partial charge < -0.3 is 10.6 Å². The molecule has 2 unspecified atom stereocenters. The van der Waals surface area contributed by atoms with E-state index in [1.807, 2.05) is 38.2 Å². The molecule has 0 saturated heterocycles. The molecule has 2 N–H and O–H groups in total. The van der Waals surface area contributed by atoms with Gasteiger partial charge in [0.05, 0.1) is 0 Å². The number of benzene rings is 1. The van der Waals surface area contributed by atoms with Crippen LogP contribution in [0.4, 0.5) is 5.69 Å². The highest BCUT2D eigenvalue weighted by molar-refractivity contribution is 5.94. The largest absolute Gasteiger partial charge is 0.328 e. The monoisotopic (exact) mass is 246 g/mol. The molecule has 2 rings (SSSR count). The van der Waals surface area contributed by atoms with Crippen LogP contribution in [0.15, 0.2) is 24.3 Å². The summed E-state index contributed by atoms with van der Waals surface area (Å²) in [5.41, 5.74) is 8.10. The molecule has 1 amide bonds. The standard InChI is InChI=1S/C15H22N2O/c1-11-5-3-8-14(9-11)17(2)15(18)12-6-4-7-13(16)10-12/h3,5,8-9,12-13H,4,6-7,10,16H2,1-2H3. The zero-order valence-electron chi connectivity index (χ0n) is 11.2. The quantitative estimate of drug-likeness (QED) is 0.871. The van der Waals surface area contributed by atoms with Gasteiger partial charge in [0.25, 0.3) is 0 Å². The highest BCUT2D eigenvalue weighted by Crippen LogP contribution is 2.26. The molecule has 0 aromatic heterocycles. The van der Waals surface area contributed by atoms with Gasteiger partial charge in [-0.25, -0.2) is 0 Å². The normalized spacial score (nSPS) is 23.7. The van der Waals surface area contributed by atoms with E-state index in [1.54, 1.807) is 4.90 Å². The smallest absolute Gasteiger partial charge is 0.229 e. The van der Waals surface area contributed by atoms with Gasteiger partial charge in [-0.3, -0.25) is 4.79 Å². The van der Waals surface area contributed by atoms with Gasteiger partial charge in [0.2, 0.25) is 5.91 Å². The lowest BCUT2D eigenvalue weighted by atomic mass is 9.85. The molecule has 1 aromatic rings. The lowest BCUT2D eigenvalue weighted by Crippen LogP contribution is -2.38. The number of anilines is 1. The average Bonchev–Trinajstić information content (AvgIpc) is 2.37. The SMILES string of the molecule is Cc1cccc(N(C)C(=O)C2CCCC(N)C2)c1. The summed E-state index contributed by atoms with van der Waals surface area (Å²) in [6.45, 7) is 2.04. The van der Waals surface area contributed by atoms with Gasteiger partial charge in [0, 0.05) is 24.7 Å². The first-order valence-corrected chi connectivity index (χ1v) is 6.67. The minimum Gasteiger partial charge on any atom is -0.328 e. The van der Waals surface area contributed by atoms with E-state index in [9.17, 15) is 4.79 Å². The van der Waals surface area contributed by atoms with Crippen molar-refractivity contribution in [2.24, 2.45) is 11.7 Å². The summed E-state index contributed by atoms with van der Waals surface area (Å²) in [5.74, 6) is 0.301. The molecule has 1 aromatic carbocycles. The molecular weight excluding hydrogens is 224 g/mol. The number of nitrogens with zero attached hydrogens (tertiary/aromatic N) is 1. The highest BCUT2D eigenvalue weighted by Gasteiger charge is 2.27. The van der Waals surface area contributed by atoms with Crippen LogP contribution >= 0.6 is 0 Å². The predicted molar refractivity (Wildman–Crippen MR) is 74.5 cm³/mol. The fourth-order valence-corrected chi connectivity index (χ4v) is 2.69. The molecule has 0 heterocycles. The van der Waals surface area contributed by atoms with Gasteiger partial charge in [-0.15, -0.1) is 0 Å². The maximum absolute atomic E-state index is 12.4. The Hall–Kier alpha value is -1.35. The summed E-state index contributed by atoms with van der Waals surface area (Å²) >= 11 is 0. The summed E-state index contributed by atoms with van der Waals surface area (Å²) in [4.78, 5) is 14.2. The van der Waals surface area contributed by atoms with E-state index in [-0.39, 0.29) is 17.9 Å². The Balaban J connectivity index is 2.08. The van der Waals surface area contributed by atoms with E-state index in [0.717, 1.165) is 31.4 Å². The summed E-state index contributed by atoms with van der Waals surface area (Å²) in [6.07, 6.45) is 3.93. The van der Waals surface area contributed by atoms with E-state index >= 15 is 0 Å². The van der Waals surface area contributed by atoms with Gasteiger partial charge in [0.15, 0.2) is 0 Å². The van der Waals surface area contributed by atoms with E-state index in [2.05, 4.69) is 0 Å². The third-order valence-corrected chi connectivity index (χ3v) is 3.78. The van der Waals surface area contributed by atoms with E-state index in [4.69, 9.17) is 5.73 Å². The zero-order chi connectivity index (χ0) is 13.1. The van der Waals surface area contributed by atoms with Crippen molar-refractivity contribution in [3.05, 3.63) is 29.8 Å². The molecule has 0 aliphatic heterocycles. The van der Waals surface area contributed by atoms with Gasteiger partial charge in [-0.2, -0.15) is 0 Å². The maximum atomic E-state index is 12.4. The molecule has 3 nitrogen and oxygen atoms in total. The molecule has 3 heteroatoms. The number of aryl methyl sites for hydroxylation is 1. The van der Waals surface area contributed by atoms with Crippen LogP contribution in [0.5, 0.6) is 0 Å². The number of carbonyl (C=O) groups excluding carboxylic acids is 1. The highest BCUT2D eigenvalue weighted by atomic mass is 16.2. The second kappa shape index (κ2) is 5.53.